The summed E-state index contributed by atoms with van der Waals surface area (Å²) in [5.74, 6) is 0. The predicted molar refractivity (Wildman–Crippen MR) is 35.2 cm³/mol. The van der Waals surface area contributed by atoms with E-state index in [4.69, 9.17) is 0 Å². The molecule has 0 aliphatic rings. The molecule has 2 heterocycles. The molecule has 9 heavy (non-hydrogen) atoms. The minimum atomic E-state index is 0.738. The molecule has 0 saturated carbocycles. The van der Waals surface area contributed by atoms with Crippen LogP contribution in [0.25, 0.3) is 10.3 Å². The largest absolute Gasteiger partial charge is 0.234 e. The van der Waals surface area contributed by atoms with E-state index in [1.807, 2.05) is 12.1 Å². The van der Waals surface area contributed by atoms with Crippen LogP contribution >= 0.6 is 11.5 Å². The van der Waals surface area contributed by atoms with Crippen LogP contribution in [0.5, 0.6) is 0 Å². The quantitative estimate of drug-likeness (QED) is 0.545. The number of fused-ring (bicyclic) bond motifs is 1. The van der Waals surface area contributed by atoms with Crippen molar-refractivity contribution in [3.8, 4) is 0 Å². The minimum absolute atomic E-state index is 0.738. The molecule has 0 spiro atoms. The molecular weight excluding hydrogens is 134 g/mol. The predicted octanol–water partition coefficient (Wildman–Crippen LogP) is 1.09. The van der Waals surface area contributed by atoms with Crippen molar-refractivity contribution in [2.45, 2.75) is 0 Å². The first-order valence-corrected chi connectivity index (χ1v) is 3.27. The second-order valence-corrected chi connectivity index (χ2v) is 2.38. The van der Waals surface area contributed by atoms with Gasteiger partial charge in [-0.3, -0.25) is 0 Å². The van der Waals surface area contributed by atoms with Crippen molar-refractivity contribution >= 4 is 21.9 Å². The molecule has 0 aromatic carbocycles. The average molecular weight is 137 g/mol. The smallest absolute Gasteiger partial charge is 0.194 e. The van der Waals surface area contributed by atoms with E-state index in [0.29, 0.717) is 0 Å². The Hall–Kier alpha value is -1.03. The topological polar surface area (TPSA) is 38.7 Å². The average Bonchev–Trinajstić information content (AvgIpc) is 2.33. The van der Waals surface area contributed by atoms with Crippen molar-refractivity contribution in [2.24, 2.45) is 0 Å². The summed E-state index contributed by atoms with van der Waals surface area (Å²) in [7, 11) is 0. The fraction of sp³-hybridized carbons (Fsp3) is 0. The Kier molecular flexibility index (Phi) is 0.927. The van der Waals surface area contributed by atoms with Crippen molar-refractivity contribution in [1.82, 2.24) is 14.6 Å². The monoisotopic (exact) mass is 137 g/mol. The summed E-state index contributed by atoms with van der Waals surface area (Å²) in [5, 5.41) is 3.78. The molecule has 0 amide bonds. The van der Waals surface area contributed by atoms with Crippen LogP contribution in [0.4, 0.5) is 0 Å². The third kappa shape index (κ3) is 0.675. The Balaban J connectivity index is 2.95. The number of nitrogens with zero attached hydrogens (tertiary/aromatic N) is 3. The maximum absolute atomic E-state index is 3.98. The summed E-state index contributed by atoms with van der Waals surface area (Å²) in [6.07, 6.45) is 1.71. The second kappa shape index (κ2) is 1.73. The Bertz CT molecular complexity index is 286. The van der Waals surface area contributed by atoms with Gasteiger partial charge in [0.05, 0.1) is 4.70 Å². The zero-order valence-corrected chi connectivity index (χ0v) is 5.30. The zero-order valence-electron chi connectivity index (χ0n) is 4.48. The maximum atomic E-state index is 3.98. The third-order valence-corrected chi connectivity index (χ3v) is 1.70. The molecule has 44 valence electrons. The lowest BCUT2D eigenvalue weighted by atomic mass is 10.5. The van der Waals surface area contributed by atoms with Crippen LogP contribution in [0, 0.1) is 0 Å². The molecule has 0 aliphatic heterocycles. The highest BCUT2D eigenvalue weighted by Crippen LogP contribution is 2.09. The molecule has 0 N–H and O–H groups in total. The molecule has 0 saturated heterocycles. The summed E-state index contributed by atoms with van der Waals surface area (Å²) >= 11 is 1.36. The SMILES string of the molecule is c1cnc2nnsc2c1. The zero-order chi connectivity index (χ0) is 6.10. The lowest BCUT2D eigenvalue weighted by molar-refractivity contribution is 1.16. The van der Waals surface area contributed by atoms with Crippen LogP contribution in [0.3, 0.4) is 0 Å². The second-order valence-electron chi connectivity index (χ2n) is 1.60. The van der Waals surface area contributed by atoms with Crippen LogP contribution in [0.15, 0.2) is 18.3 Å². The summed E-state index contributed by atoms with van der Waals surface area (Å²) in [6.45, 7) is 0. The van der Waals surface area contributed by atoms with Gasteiger partial charge in [-0.1, -0.05) is 4.49 Å². The lowest BCUT2D eigenvalue weighted by Gasteiger charge is -1.77. The first-order chi connectivity index (χ1) is 4.47. The van der Waals surface area contributed by atoms with E-state index in [2.05, 4.69) is 14.6 Å². The fourth-order valence-corrected chi connectivity index (χ4v) is 1.15. The molecule has 0 unspecified atom stereocenters. The number of pyridine rings is 1. The molecule has 4 heteroatoms. The van der Waals surface area contributed by atoms with Gasteiger partial charge in [0.2, 0.25) is 0 Å². The van der Waals surface area contributed by atoms with E-state index in [-0.39, 0.29) is 0 Å². The van der Waals surface area contributed by atoms with E-state index in [0.717, 1.165) is 10.3 Å². The van der Waals surface area contributed by atoms with E-state index in [1.54, 1.807) is 6.20 Å². The Morgan fingerprint density at radius 3 is 3.33 bits per heavy atom. The lowest BCUT2D eigenvalue weighted by Crippen LogP contribution is -1.71. The van der Waals surface area contributed by atoms with Crippen molar-refractivity contribution in [2.75, 3.05) is 0 Å². The van der Waals surface area contributed by atoms with Crippen molar-refractivity contribution in [3.05, 3.63) is 18.3 Å². The van der Waals surface area contributed by atoms with Gasteiger partial charge in [-0.15, -0.1) is 5.10 Å². The van der Waals surface area contributed by atoms with Gasteiger partial charge in [0, 0.05) is 6.20 Å². The Morgan fingerprint density at radius 1 is 1.44 bits per heavy atom. The van der Waals surface area contributed by atoms with Gasteiger partial charge >= 0.3 is 0 Å². The molecule has 3 nitrogen and oxygen atoms in total. The van der Waals surface area contributed by atoms with Crippen LogP contribution in [0.1, 0.15) is 0 Å². The van der Waals surface area contributed by atoms with Crippen molar-refractivity contribution < 1.29 is 0 Å². The highest BCUT2D eigenvalue weighted by Gasteiger charge is 1.93. The van der Waals surface area contributed by atoms with Crippen LogP contribution in [0.2, 0.25) is 0 Å². The van der Waals surface area contributed by atoms with Crippen LogP contribution in [-0.4, -0.2) is 14.6 Å². The number of rotatable bonds is 0. The van der Waals surface area contributed by atoms with Gasteiger partial charge in [-0.25, -0.2) is 4.98 Å². The Labute approximate surface area is 55.5 Å². The van der Waals surface area contributed by atoms with Gasteiger partial charge in [0.1, 0.15) is 0 Å². The minimum Gasteiger partial charge on any atom is -0.234 e. The summed E-state index contributed by atoms with van der Waals surface area (Å²) in [6, 6.07) is 3.83. The van der Waals surface area contributed by atoms with Gasteiger partial charge in [-0.2, -0.15) is 0 Å². The first kappa shape index (κ1) is 4.81. The van der Waals surface area contributed by atoms with Crippen LogP contribution in [-0.2, 0) is 0 Å². The molecule has 0 bridgehead atoms. The van der Waals surface area contributed by atoms with Crippen LogP contribution < -0.4 is 0 Å². The number of hydrogen-bond acceptors (Lipinski definition) is 4. The molecule has 0 radical (unpaired) electrons. The van der Waals surface area contributed by atoms with E-state index < -0.39 is 0 Å². The third-order valence-electron chi connectivity index (χ3n) is 1.03. The number of aromatic nitrogens is 3. The molecule has 0 aliphatic carbocycles. The summed E-state index contributed by atoms with van der Waals surface area (Å²) in [4.78, 5) is 3.98. The molecule has 2 rings (SSSR count). The van der Waals surface area contributed by atoms with Gasteiger partial charge in [-0.05, 0) is 23.7 Å². The molecule has 0 atom stereocenters. The fourth-order valence-electron chi connectivity index (χ4n) is 0.632. The molecule has 2 aromatic heterocycles. The normalized spacial score (nSPS) is 10.2. The molecule has 0 fully saturated rings. The van der Waals surface area contributed by atoms with E-state index in [9.17, 15) is 0 Å². The first-order valence-electron chi connectivity index (χ1n) is 2.50. The van der Waals surface area contributed by atoms with Gasteiger partial charge in [0.15, 0.2) is 5.65 Å². The Morgan fingerprint density at radius 2 is 2.44 bits per heavy atom. The van der Waals surface area contributed by atoms with E-state index >= 15 is 0 Å². The van der Waals surface area contributed by atoms with Crippen molar-refractivity contribution in [1.29, 1.82) is 0 Å². The number of hydrogen-bond donors (Lipinski definition) is 0. The maximum Gasteiger partial charge on any atom is 0.194 e. The van der Waals surface area contributed by atoms with Crippen molar-refractivity contribution in [3.63, 3.8) is 0 Å². The summed E-state index contributed by atoms with van der Waals surface area (Å²) < 4.78 is 4.77. The standard InChI is InChI=1S/C5H3N3S/c1-2-4-5(6-3-1)7-8-9-4/h1-3H. The van der Waals surface area contributed by atoms with Gasteiger partial charge in [0.25, 0.3) is 0 Å². The molecular formula is C5H3N3S. The highest BCUT2D eigenvalue weighted by molar-refractivity contribution is 7.12. The summed E-state index contributed by atoms with van der Waals surface area (Å²) in [5.41, 5.74) is 0.738. The molecule has 2 aromatic rings. The van der Waals surface area contributed by atoms with Gasteiger partial charge < -0.3 is 0 Å². The highest BCUT2D eigenvalue weighted by atomic mass is 32.1. The van der Waals surface area contributed by atoms with E-state index in [1.165, 1.54) is 11.5 Å².